The van der Waals surface area contributed by atoms with Crippen molar-refractivity contribution in [3.63, 3.8) is 0 Å². The molecular formula is C20H30O4. The number of allylic oxidation sites excluding steroid dienone is 8. The van der Waals surface area contributed by atoms with Crippen LogP contribution in [0.25, 0.3) is 0 Å². The van der Waals surface area contributed by atoms with E-state index in [2.05, 4.69) is 48.6 Å². The van der Waals surface area contributed by atoms with Crippen molar-refractivity contribution in [1.29, 1.82) is 0 Å². The molecule has 0 spiro atoms. The van der Waals surface area contributed by atoms with E-state index in [1.165, 1.54) is 0 Å². The normalized spacial score (nSPS) is 16.8. The molecule has 134 valence electrons. The van der Waals surface area contributed by atoms with E-state index in [1.54, 1.807) is 0 Å². The molecule has 0 heterocycles. The molecule has 0 radical (unpaired) electrons. The molecule has 2 aliphatic carbocycles. The Hall–Kier alpha value is -1.20. The first-order valence-corrected chi connectivity index (χ1v) is 8.96. The van der Waals surface area contributed by atoms with Gasteiger partial charge in [0, 0.05) is 13.2 Å². The van der Waals surface area contributed by atoms with Crippen LogP contribution in [-0.2, 0) is 18.9 Å². The second-order valence-electron chi connectivity index (χ2n) is 5.89. The van der Waals surface area contributed by atoms with Crippen LogP contribution in [0.5, 0.6) is 0 Å². The van der Waals surface area contributed by atoms with Crippen molar-refractivity contribution >= 4 is 0 Å². The minimum atomic E-state index is 0.549. The van der Waals surface area contributed by atoms with Gasteiger partial charge in [0.1, 0.15) is 0 Å². The van der Waals surface area contributed by atoms with Crippen LogP contribution in [0.2, 0.25) is 0 Å². The summed E-state index contributed by atoms with van der Waals surface area (Å²) in [5.74, 6) is 1.10. The smallest absolute Gasteiger partial charge is 0.0701 e. The molecule has 2 rings (SSSR count). The highest BCUT2D eigenvalue weighted by Gasteiger charge is 2.03. The first-order valence-electron chi connectivity index (χ1n) is 8.96. The monoisotopic (exact) mass is 334 g/mol. The molecule has 0 bridgehead atoms. The third-order valence-corrected chi connectivity index (χ3v) is 3.96. The molecule has 0 aliphatic heterocycles. The number of rotatable bonds is 15. The van der Waals surface area contributed by atoms with E-state index in [0.717, 1.165) is 26.1 Å². The molecule has 0 aromatic heterocycles. The van der Waals surface area contributed by atoms with Gasteiger partial charge in [-0.2, -0.15) is 0 Å². The molecule has 0 fully saturated rings. The lowest BCUT2D eigenvalue weighted by Crippen LogP contribution is -2.13. The lowest BCUT2D eigenvalue weighted by molar-refractivity contribution is -0.00289. The summed E-state index contributed by atoms with van der Waals surface area (Å²) in [5.41, 5.74) is 0. The van der Waals surface area contributed by atoms with Crippen LogP contribution in [0.1, 0.15) is 12.8 Å². The van der Waals surface area contributed by atoms with Gasteiger partial charge in [0.15, 0.2) is 0 Å². The maximum Gasteiger partial charge on any atom is 0.0701 e. The average molecular weight is 334 g/mol. The zero-order chi connectivity index (χ0) is 16.7. The molecule has 0 saturated carbocycles. The van der Waals surface area contributed by atoms with Crippen LogP contribution >= 0.6 is 0 Å². The van der Waals surface area contributed by atoms with Gasteiger partial charge in [-0.25, -0.2) is 0 Å². The number of ether oxygens (including phenoxy) is 4. The van der Waals surface area contributed by atoms with Crippen molar-refractivity contribution in [3.8, 4) is 0 Å². The predicted octanol–water partition coefficient (Wildman–Crippen LogP) is 3.32. The van der Waals surface area contributed by atoms with Gasteiger partial charge in [-0.1, -0.05) is 48.6 Å². The highest BCUT2D eigenvalue weighted by atomic mass is 16.6. The summed E-state index contributed by atoms with van der Waals surface area (Å²) in [6.07, 6.45) is 19.2. The van der Waals surface area contributed by atoms with Gasteiger partial charge in [-0.05, 0) is 24.7 Å². The topological polar surface area (TPSA) is 36.9 Å². The lowest BCUT2D eigenvalue weighted by atomic mass is 10.1. The lowest BCUT2D eigenvalue weighted by Gasteiger charge is -2.09. The second kappa shape index (κ2) is 13.1. The van der Waals surface area contributed by atoms with Crippen molar-refractivity contribution in [2.75, 3.05) is 52.9 Å². The van der Waals surface area contributed by atoms with Crippen LogP contribution in [0.15, 0.2) is 48.6 Å². The molecule has 4 nitrogen and oxygen atoms in total. The molecule has 2 aliphatic rings. The van der Waals surface area contributed by atoms with Gasteiger partial charge >= 0.3 is 0 Å². The fourth-order valence-electron chi connectivity index (χ4n) is 2.54. The SMILES string of the molecule is C1=CC(CCOCCOCCOCCOCCC2C=CC=C2)C=C1. The second-order valence-corrected chi connectivity index (χ2v) is 5.89. The molecule has 0 atom stereocenters. The summed E-state index contributed by atoms with van der Waals surface area (Å²) in [6, 6.07) is 0. The van der Waals surface area contributed by atoms with Crippen LogP contribution in [0.3, 0.4) is 0 Å². The maximum absolute atomic E-state index is 5.55. The Bertz CT molecular complexity index is 361. The molecule has 0 aromatic rings. The Morgan fingerprint density at radius 3 is 1.04 bits per heavy atom. The minimum Gasteiger partial charge on any atom is -0.379 e. The van der Waals surface area contributed by atoms with Gasteiger partial charge in [0.25, 0.3) is 0 Å². The van der Waals surface area contributed by atoms with Crippen molar-refractivity contribution in [2.45, 2.75) is 12.8 Å². The Morgan fingerprint density at radius 2 is 0.708 bits per heavy atom. The van der Waals surface area contributed by atoms with Gasteiger partial charge in [-0.15, -0.1) is 0 Å². The Balaban J connectivity index is 1.23. The van der Waals surface area contributed by atoms with E-state index >= 15 is 0 Å². The van der Waals surface area contributed by atoms with Crippen LogP contribution in [0.4, 0.5) is 0 Å². The van der Waals surface area contributed by atoms with Crippen LogP contribution < -0.4 is 0 Å². The van der Waals surface area contributed by atoms with Crippen LogP contribution in [0, 0.1) is 11.8 Å². The van der Waals surface area contributed by atoms with E-state index in [1.807, 2.05) is 0 Å². The third kappa shape index (κ3) is 9.18. The summed E-state index contributed by atoms with van der Waals surface area (Å²) in [4.78, 5) is 0. The molecular weight excluding hydrogens is 304 g/mol. The predicted molar refractivity (Wildman–Crippen MR) is 96.1 cm³/mol. The highest BCUT2D eigenvalue weighted by Crippen LogP contribution is 2.13. The highest BCUT2D eigenvalue weighted by molar-refractivity contribution is 5.17. The zero-order valence-corrected chi connectivity index (χ0v) is 14.5. The first-order chi connectivity index (χ1) is 11.9. The molecule has 4 heteroatoms. The Morgan fingerprint density at radius 1 is 0.417 bits per heavy atom. The standard InChI is InChI=1S/C20H30O4/c1-2-6-19(5-1)9-11-21-13-15-23-17-18-24-16-14-22-12-10-20-7-3-4-8-20/h1-8,19-20H,9-18H2. The Labute approximate surface area is 145 Å². The fraction of sp³-hybridized carbons (Fsp3) is 0.600. The van der Waals surface area contributed by atoms with Gasteiger partial charge in [-0.3, -0.25) is 0 Å². The van der Waals surface area contributed by atoms with Crippen molar-refractivity contribution in [3.05, 3.63) is 48.6 Å². The summed E-state index contributed by atoms with van der Waals surface area (Å²) < 4.78 is 22.0. The minimum absolute atomic E-state index is 0.549. The molecule has 0 unspecified atom stereocenters. The quantitative estimate of drug-likeness (QED) is 0.431. The van der Waals surface area contributed by atoms with Gasteiger partial charge < -0.3 is 18.9 Å². The number of hydrogen-bond acceptors (Lipinski definition) is 4. The van der Waals surface area contributed by atoms with E-state index < -0.39 is 0 Å². The number of hydrogen-bond donors (Lipinski definition) is 0. The first kappa shape index (κ1) is 19.1. The van der Waals surface area contributed by atoms with E-state index in [4.69, 9.17) is 18.9 Å². The summed E-state index contributed by atoms with van der Waals surface area (Å²) in [5, 5.41) is 0. The van der Waals surface area contributed by atoms with Crippen molar-refractivity contribution < 1.29 is 18.9 Å². The maximum atomic E-state index is 5.55. The van der Waals surface area contributed by atoms with Crippen molar-refractivity contribution in [1.82, 2.24) is 0 Å². The largest absolute Gasteiger partial charge is 0.379 e. The average Bonchev–Trinajstić information content (AvgIpc) is 3.28. The molecule has 0 amide bonds. The third-order valence-electron chi connectivity index (χ3n) is 3.96. The van der Waals surface area contributed by atoms with Gasteiger partial charge in [0.05, 0.1) is 39.6 Å². The zero-order valence-electron chi connectivity index (χ0n) is 14.5. The fourth-order valence-corrected chi connectivity index (χ4v) is 2.54. The van der Waals surface area contributed by atoms with Crippen molar-refractivity contribution in [2.24, 2.45) is 11.8 Å². The molecule has 0 N–H and O–H groups in total. The summed E-state index contributed by atoms with van der Waals surface area (Å²) >= 11 is 0. The van der Waals surface area contributed by atoms with Gasteiger partial charge in [0.2, 0.25) is 0 Å². The summed E-state index contributed by atoms with van der Waals surface area (Å²) in [7, 11) is 0. The molecule has 24 heavy (non-hydrogen) atoms. The van der Waals surface area contributed by atoms with Crippen LogP contribution in [-0.4, -0.2) is 52.9 Å². The molecule has 0 saturated heterocycles. The molecule has 0 aromatic carbocycles. The van der Waals surface area contributed by atoms with E-state index in [0.29, 0.717) is 51.5 Å². The van der Waals surface area contributed by atoms with E-state index in [9.17, 15) is 0 Å². The summed E-state index contributed by atoms with van der Waals surface area (Å²) in [6.45, 7) is 5.31. The Kier molecular flexibility index (Phi) is 10.5. The van der Waals surface area contributed by atoms with E-state index in [-0.39, 0.29) is 0 Å².